The van der Waals surface area contributed by atoms with E-state index in [0.29, 0.717) is 5.54 Å². The van der Waals surface area contributed by atoms with Gasteiger partial charge in [0.1, 0.15) is 0 Å². The lowest BCUT2D eigenvalue weighted by atomic mass is 10.0. The second-order valence-corrected chi connectivity index (χ2v) is 4.68. The third-order valence-electron chi connectivity index (χ3n) is 2.12. The van der Waals surface area contributed by atoms with Crippen LogP contribution in [0.3, 0.4) is 0 Å². The van der Waals surface area contributed by atoms with Crippen molar-refractivity contribution in [3.63, 3.8) is 0 Å². The van der Waals surface area contributed by atoms with Crippen molar-refractivity contribution in [1.82, 2.24) is 0 Å². The Balaban J connectivity index is 2.40. The molecule has 0 bridgehead atoms. The molecule has 0 unspecified atom stereocenters. The molecule has 0 heterocycles. The standard InChI is InChI=1S/C8H12OSi/c1-2-10(9)8-6-4-3-5-7-8/h1,8H,3-7H2. The van der Waals surface area contributed by atoms with Crippen molar-refractivity contribution in [2.45, 2.75) is 37.6 Å². The highest BCUT2D eigenvalue weighted by molar-refractivity contribution is 6.54. The quantitative estimate of drug-likeness (QED) is 0.414. The Labute approximate surface area is 63.5 Å². The third-order valence-corrected chi connectivity index (χ3v) is 3.72. The summed E-state index contributed by atoms with van der Waals surface area (Å²) in [6.07, 6.45) is 11.0. The summed E-state index contributed by atoms with van der Waals surface area (Å²) in [5, 5.41) is 0. The van der Waals surface area contributed by atoms with Gasteiger partial charge in [-0.2, -0.15) is 0 Å². The van der Waals surface area contributed by atoms with Gasteiger partial charge < -0.3 is 4.46 Å². The Hall–Kier alpha value is -0.423. The van der Waals surface area contributed by atoms with Gasteiger partial charge in [-0.1, -0.05) is 24.8 Å². The first-order chi connectivity index (χ1) is 4.84. The second kappa shape index (κ2) is 3.67. The summed E-state index contributed by atoms with van der Waals surface area (Å²) >= 11 is 0. The summed E-state index contributed by atoms with van der Waals surface area (Å²) in [6.45, 7) is 0. The summed E-state index contributed by atoms with van der Waals surface area (Å²) in [5.74, 6) is 0. The molecule has 0 spiro atoms. The molecule has 1 saturated carbocycles. The van der Waals surface area contributed by atoms with Gasteiger partial charge in [-0.05, 0) is 12.8 Å². The molecule has 0 N–H and O–H groups in total. The van der Waals surface area contributed by atoms with Crippen molar-refractivity contribution >= 4 is 8.68 Å². The minimum absolute atomic E-state index is 0.378. The predicted molar refractivity (Wildman–Crippen MR) is 42.1 cm³/mol. The van der Waals surface area contributed by atoms with Crippen molar-refractivity contribution in [3.05, 3.63) is 0 Å². The zero-order valence-electron chi connectivity index (χ0n) is 6.10. The first kappa shape index (κ1) is 7.68. The first-order valence-electron chi connectivity index (χ1n) is 3.85. The van der Waals surface area contributed by atoms with Crippen LogP contribution in [0, 0.1) is 12.0 Å². The summed E-state index contributed by atoms with van der Waals surface area (Å²) in [7, 11) is -1.65. The Bertz CT molecular complexity index is 163. The van der Waals surface area contributed by atoms with Gasteiger partial charge in [0.05, 0.1) is 0 Å². The van der Waals surface area contributed by atoms with Crippen LogP contribution >= 0.6 is 0 Å². The van der Waals surface area contributed by atoms with Crippen molar-refractivity contribution in [1.29, 1.82) is 0 Å². The van der Waals surface area contributed by atoms with E-state index in [1.54, 1.807) is 0 Å². The van der Waals surface area contributed by atoms with E-state index in [-0.39, 0.29) is 0 Å². The minimum Gasteiger partial charge on any atom is -0.372 e. The number of rotatable bonds is 1. The monoisotopic (exact) mass is 152 g/mol. The van der Waals surface area contributed by atoms with Gasteiger partial charge in [0, 0.05) is 5.54 Å². The summed E-state index contributed by atoms with van der Waals surface area (Å²) < 4.78 is 11.1. The average molecular weight is 152 g/mol. The summed E-state index contributed by atoms with van der Waals surface area (Å²) in [6, 6.07) is 0. The van der Waals surface area contributed by atoms with E-state index in [9.17, 15) is 4.46 Å². The van der Waals surface area contributed by atoms with Gasteiger partial charge in [-0.25, -0.2) is 0 Å². The van der Waals surface area contributed by atoms with Gasteiger partial charge in [-0.3, -0.25) is 0 Å². The SMILES string of the molecule is C#C[Si](=O)C1CCCCC1. The average Bonchev–Trinajstić information content (AvgIpc) is 2.05. The molecule has 0 aliphatic heterocycles. The lowest BCUT2D eigenvalue weighted by Crippen LogP contribution is -2.11. The molecule has 0 atom stereocenters. The molecule has 1 aliphatic carbocycles. The molecule has 1 fully saturated rings. The van der Waals surface area contributed by atoms with Crippen molar-refractivity contribution in [3.8, 4) is 12.0 Å². The molecule has 1 aliphatic rings. The molecular weight excluding hydrogens is 140 g/mol. The third kappa shape index (κ3) is 1.78. The molecule has 0 amide bonds. The molecule has 54 valence electrons. The second-order valence-electron chi connectivity index (χ2n) is 2.84. The van der Waals surface area contributed by atoms with E-state index < -0.39 is 8.68 Å². The normalized spacial score (nSPS) is 19.9. The van der Waals surface area contributed by atoms with E-state index in [2.05, 4.69) is 5.54 Å². The molecule has 0 aromatic heterocycles. The molecule has 1 nitrogen and oxygen atoms in total. The fourth-order valence-corrected chi connectivity index (χ4v) is 2.65. The van der Waals surface area contributed by atoms with Crippen LogP contribution in [0.4, 0.5) is 0 Å². The zero-order chi connectivity index (χ0) is 7.40. The van der Waals surface area contributed by atoms with Crippen LogP contribution in [0.5, 0.6) is 0 Å². The first-order valence-corrected chi connectivity index (χ1v) is 5.33. The van der Waals surface area contributed by atoms with E-state index in [1.165, 1.54) is 19.3 Å². The molecule has 0 radical (unpaired) electrons. The van der Waals surface area contributed by atoms with Crippen LogP contribution < -0.4 is 0 Å². The summed E-state index contributed by atoms with van der Waals surface area (Å²) in [5.41, 5.74) is 2.76. The maximum absolute atomic E-state index is 11.1. The number of terminal acetylenes is 1. The molecule has 0 saturated heterocycles. The highest BCUT2D eigenvalue weighted by Crippen LogP contribution is 2.28. The van der Waals surface area contributed by atoms with Gasteiger partial charge in [-0.15, -0.1) is 6.42 Å². The topological polar surface area (TPSA) is 17.1 Å². The Kier molecular flexibility index (Phi) is 2.82. The molecule has 1 rings (SSSR count). The fourth-order valence-electron chi connectivity index (χ4n) is 1.48. The molecule has 2 heteroatoms. The van der Waals surface area contributed by atoms with Gasteiger partial charge in [0.25, 0.3) is 0 Å². The van der Waals surface area contributed by atoms with Crippen molar-refractivity contribution in [2.75, 3.05) is 0 Å². The Morgan fingerprint density at radius 3 is 2.40 bits per heavy atom. The molecule has 0 aromatic rings. The van der Waals surface area contributed by atoms with Gasteiger partial charge in [0.15, 0.2) is 0 Å². The highest BCUT2D eigenvalue weighted by Gasteiger charge is 2.20. The van der Waals surface area contributed by atoms with Crippen LogP contribution in [-0.2, 0) is 4.46 Å². The lowest BCUT2D eigenvalue weighted by molar-refractivity contribution is 0.470. The lowest BCUT2D eigenvalue weighted by Gasteiger charge is -2.16. The maximum Gasteiger partial charge on any atom is 0.366 e. The van der Waals surface area contributed by atoms with Crippen LogP contribution in [0.15, 0.2) is 0 Å². The maximum atomic E-state index is 11.1. The van der Waals surface area contributed by atoms with Crippen LogP contribution in [-0.4, -0.2) is 8.68 Å². The van der Waals surface area contributed by atoms with Crippen LogP contribution in [0.1, 0.15) is 32.1 Å². The molecule has 0 aromatic carbocycles. The molecular formula is C8H12OSi. The highest BCUT2D eigenvalue weighted by atomic mass is 28.3. The van der Waals surface area contributed by atoms with Crippen molar-refractivity contribution in [2.24, 2.45) is 0 Å². The van der Waals surface area contributed by atoms with E-state index in [1.807, 2.05) is 0 Å². The van der Waals surface area contributed by atoms with E-state index in [0.717, 1.165) is 12.8 Å². The molecule has 10 heavy (non-hydrogen) atoms. The largest absolute Gasteiger partial charge is 0.372 e. The minimum atomic E-state index is -1.65. The van der Waals surface area contributed by atoms with Crippen LogP contribution in [0.2, 0.25) is 5.54 Å². The summed E-state index contributed by atoms with van der Waals surface area (Å²) in [4.78, 5) is 0. The van der Waals surface area contributed by atoms with E-state index in [4.69, 9.17) is 6.42 Å². The fraction of sp³-hybridized carbons (Fsp3) is 0.750. The smallest absolute Gasteiger partial charge is 0.366 e. The van der Waals surface area contributed by atoms with Crippen molar-refractivity contribution < 1.29 is 4.46 Å². The Morgan fingerprint density at radius 2 is 1.90 bits per heavy atom. The van der Waals surface area contributed by atoms with Gasteiger partial charge >= 0.3 is 8.68 Å². The number of hydrogen-bond acceptors (Lipinski definition) is 1. The Morgan fingerprint density at radius 1 is 1.30 bits per heavy atom. The van der Waals surface area contributed by atoms with Gasteiger partial charge in [0.2, 0.25) is 0 Å². The van der Waals surface area contributed by atoms with Crippen LogP contribution in [0.25, 0.3) is 0 Å². The zero-order valence-corrected chi connectivity index (χ0v) is 7.10. The van der Waals surface area contributed by atoms with E-state index >= 15 is 0 Å². The number of hydrogen-bond donors (Lipinski definition) is 0. The predicted octanol–water partition coefficient (Wildman–Crippen LogP) is 1.92.